The summed E-state index contributed by atoms with van der Waals surface area (Å²) in [5, 5.41) is 0. The fraction of sp³-hybridized carbons (Fsp3) is 0.571. The van der Waals surface area contributed by atoms with Gasteiger partial charge in [0.1, 0.15) is 5.82 Å². The van der Waals surface area contributed by atoms with E-state index in [4.69, 9.17) is 10.5 Å². The summed E-state index contributed by atoms with van der Waals surface area (Å²) in [4.78, 5) is 43.8. The van der Waals surface area contributed by atoms with Gasteiger partial charge in [0.25, 0.3) is 11.5 Å². The number of H-pyrrole nitrogens is 1. The van der Waals surface area contributed by atoms with E-state index in [2.05, 4.69) is 11.9 Å². The molecule has 0 saturated carbocycles. The van der Waals surface area contributed by atoms with Gasteiger partial charge in [0.15, 0.2) is 5.69 Å². The maximum Gasteiger partial charge on any atom is 0.330 e. The molecule has 9 heteroatoms. The Bertz CT molecular complexity index is 1020. The summed E-state index contributed by atoms with van der Waals surface area (Å²) in [6.45, 7) is 4.85. The van der Waals surface area contributed by atoms with Crippen molar-refractivity contribution in [2.24, 2.45) is 5.92 Å². The number of nitrogens with two attached hydrogens (primary N) is 1. The molecule has 0 unspecified atom stereocenters. The third-order valence-electron chi connectivity index (χ3n) is 5.67. The van der Waals surface area contributed by atoms with Gasteiger partial charge in [-0.1, -0.05) is 20.3 Å². The Labute approximate surface area is 179 Å². The number of nitrogen functional groups attached to an aromatic ring is 1. The van der Waals surface area contributed by atoms with Crippen LogP contribution < -0.4 is 21.9 Å². The van der Waals surface area contributed by atoms with Crippen LogP contribution in [0, 0.1) is 5.92 Å². The summed E-state index contributed by atoms with van der Waals surface area (Å²) in [6, 6.07) is 1.95. The highest BCUT2D eigenvalue weighted by molar-refractivity contribution is 7.14. The second-order valence-corrected chi connectivity index (χ2v) is 8.81. The van der Waals surface area contributed by atoms with Gasteiger partial charge in [-0.3, -0.25) is 24.0 Å². The number of carbonyl (C=O) groups excluding carboxylic acids is 1. The van der Waals surface area contributed by atoms with Crippen molar-refractivity contribution < 1.29 is 9.53 Å². The van der Waals surface area contributed by atoms with Crippen LogP contribution in [0.3, 0.4) is 0 Å². The van der Waals surface area contributed by atoms with Gasteiger partial charge < -0.3 is 10.5 Å². The summed E-state index contributed by atoms with van der Waals surface area (Å²) >= 11 is 1.49. The van der Waals surface area contributed by atoms with Crippen LogP contribution in [-0.4, -0.2) is 35.7 Å². The molecule has 8 nitrogen and oxygen atoms in total. The first-order valence-electron chi connectivity index (χ1n) is 10.5. The Hall–Kier alpha value is -2.39. The lowest BCUT2D eigenvalue weighted by Gasteiger charge is -2.23. The van der Waals surface area contributed by atoms with E-state index in [1.54, 1.807) is 0 Å². The summed E-state index contributed by atoms with van der Waals surface area (Å²) in [5.41, 5.74) is 6.20. The number of aryl methyl sites for hydroxylation is 1. The maximum absolute atomic E-state index is 13.5. The second kappa shape index (κ2) is 9.61. The Kier molecular flexibility index (Phi) is 7.14. The summed E-state index contributed by atoms with van der Waals surface area (Å²) < 4.78 is 6.46. The van der Waals surface area contributed by atoms with Crippen molar-refractivity contribution in [1.29, 1.82) is 0 Å². The molecule has 1 amide bonds. The molecule has 1 aliphatic carbocycles. The molecule has 3 rings (SSSR count). The minimum Gasteiger partial charge on any atom is -0.383 e. The van der Waals surface area contributed by atoms with E-state index in [9.17, 15) is 14.4 Å². The predicted molar refractivity (Wildman–Crippen MR) is 120 cm³/mol. The average Bonchev–Trinajstić information content (AvgIpc) is 3.16. The Morgan fingerprint density at radius 3 is 2.83 bits per heavy atom. The molecule has 0 bridgehead atoms. The lowest BCUT2D eigenvalue weighted by atomic mass is 9.87. The van der Waals surface area contributed by atoms with E-state index in [1.165, 1.54) is 38.4 Å². The van der Waals surface area contributed by atoms with E-state index >= 15 is 0 Å². The van der Waals surface area contributed by atoms with Crippen molar-refractivity contribution in [1.82, 2.24) is 9.55 Å². The van der Waals surface area contributed by atoms with E-state index < -0.39 is 11.2 Å². The highest BCUT2D eigenvalue weighted by Gasteiger charge is 2.28. The number of fused-ring (bicyclic) bond motifs is 1. The number of ether oxygens (including phenoxy) is 1. The van der Waals surface area contributed by atoms with E-state index in [1.807, 2.05) is 13.0 Å². The third kappa shape index (κ3) is 4.37. The average molecular weight is 435 g/mol. The van der Waals surface area contributed by atoms with Crippen LogP contribution in [0.1, 0.15) is 53.2 Å². The van der Waals surface area contributed by atoms with Gasteiger partial charge in [0.05, 0.1) is 11.5 Å². The molecule has 30 heavy (non-hydrogen) atoms. The van der Waals surface area contributed by atoms with Gasteiger partial charge in [-0.2, -0.15) is 0 Å². The first kappa shape index (κ1) is 22.3. The molecule has 0 radical (unpaired) electrons. The molecule has 0 aliphatic heterocycles. The normalized spacial score (nSPS) is 15.8. The smallest absolute Gasteiger partial charge is 0.330 e. The maximum atomic E-state index is 13.5. The van der Waals surface area contributed by atoms with Crippen molar-refractivity contribution in [2.75, 3.05) is 30.9 Å². The Balaban J connectivity index is 2.03. The van der Waals surface area contributed by atoms with E-state index in [0.29, 0.717) is 23.8 Å². The minimum atomic E-state index is -0.665. The number of aromatic amines is 1. The molecule has 2 aromatic heterocycles. The number of hydrogen-bond donors (Lipinski definition) is 2. The molecule has 0 spiro atoms. The molecule has 0 fully saturated rings. The van der Waals surface area contributed by atoms with E-state index in [-0.39, 0.29) is 30.6 Å². The molecule has 3 N–H and O–H groups in total. The number of nitrogens with zero attached hydrogens (tertiary/aromatic N) is 2. The van der Waals surface area contributed by atoms with Crippen molar-refractivity contribution in [2.45, 2.75) is 52.5 Å². The number of carbonyl (C=O) groups is 1. The SMILES string of the molecule is CCCn1c(N)c(N(CCOC)C(=O)c2cc3c(s2)CC[C@H](CC)C3)c(=O)[nH]c1=O. The van der Waals surface area contributed by atoms with Gasteiger partial charge in [0.2, 0.25) is 0 Å². The fourth-order valence-electron chi connectivity index (χ4n) is 3.97. The highest BCUT2D eigenvalue weighted by atomic mass is 32.1. The number of amides is 1. The third-order valence-corrected chi connectivity index (χ3v) is 6.89. The van der Waals surface area contributed by atoms with Gasteiger partial charge in [-0.25, -0.2) is 4.79 Å². The number of nitrogens with one attached hydrogen (secondary N) is 1. The summed E-state index contributed by atoms with van der Waals surface area (Å²) in [5.74, 6) is 0.358. The monoisotopic (exact) mass is 434 g/mol. The Morgan fingerprint density at radius 1 is 1.40 bits per heavy atom. The molecule has 0 saturated heterocycles. The van der Waals surface area contributed by atoms with Gasteiger partial charge in [-0.05, 0) is 43.2 Å². The minimum absolute atomic E-state index is 0.00224. The zero-order chi connectivity index (χ0) is 21.8. The van der Waals surface area contributed by atoms with E-state index in [0.717, 1.165) is 25.7 Å². The van der Waals surface area contributed by atoms with Crippen LogP contribution in [0.5, 0.6) is 0 Å². The molecule has 164 valence electrons. The zero-order valence-electron chi connectivity index (χ0n) is 17.8. The van der Waals surface area contributed by atoms with Crippen molar-refractivity contribution >= 4 is 28.7 Å². The molecule has 0 aromatic carbocycles. The van der Waals surface area contributed by atoms with Crippen LogP contribution in [0.25, 0.3) is 0 Å². The van der Waals surface area contributed by atoms with Crippen LogP contribution in [0.2, 0.25) is 0 Å². The number of aromatic nitrogens is 2. The standard InChI is InChI=1S/C21H30N4O4S/c1-4-8-25-18(22)17(19(26)23-21(25)28)24(9-10-29-3)20(27)16-12-14-11-13(5-2)6-7-15(14)30-16/h12-13H,4-11,22H2,1-3H3,(H,23,26,28)/t13-/m0/s1. The number of anilines is 2. The Morgan fingerprint density at radius 2 is 2.17 bits per heavy atom. The topological polar surface area (TPSA) is 110 Å². The van der Waals surface area contributed by atoms with Crippen LogP contribution >= 0.6 is 11.3 Å². The quantitative estimate of drug-likeness (QED) is 0.663. The molecular formula is C21H30N4O4S. The number of hydrogen-bond acceptors (Lipinski definition) is 6. The summed E-state index contributed by atoms with van der Waals surface area (Å²) in [7, 11) is 1.53. The summed E-state index contributed by atoms with van der Waals surface area (Å²) in [6.07, 6.45) is 4.90. The predicted octanol–water partition coefficient (Wildman–Crippen LogP) is 2.40. The van der Waals surface area contributed by atoms with Crippen molar-refractivity contribution in [3.63, 3.8) is 0 Å². The van der Waals surface area contributed by atoms with Crippen molar-refractivity contribution in [3.8, 4) is 0 Å². The molecule has 1 aliphatic rings. The number of rotatable bonds is 8. The second-order valence-electron chi connectivity index (χ2n) is 7.67. The van der Waals surface area contributed by atoms with Crippen LogP contribution in [0.4, 0.5) is 11.5 Å². The molecule has 2 aromatic rings. The van der Waals surface area contributed by atoms with Gasteiger partial charge >= 0.3 is 5.69 Å². The zero-order valence-corrected chi connectivity index (χ0v) is 18.6. The highest BCUT2D eigenvalue weighted by Crippen LogP contribution is 2.34. The lowest BCUT2D eigenvalue weighted by Crippen LogP contribution is -2.42. The molecule has 2 heterocycles. The van der Waals surface area contributed by atoms with Crippen LogP contribution in [-0.2, 0) is 24.1 Å². The number of methoxy groups -OCH3 is 1. The van der Waals surface area contributed by atoms with Gasteiger partial charge in [-0.15, -0.1) is 11.3 Å². The first-order chi connectivity index (χ1) is 14.4. The van der Waals surface area contributed by atoms with Gasteiger partial charge in [0, 0.05) is 25.1 Å². The largest absolute Gasteiger partial charge is 0.383 e. The fourth-order valence-corrected chi connectivity index (χ4v) is 5.12. The molecule has 1 atom stereocenters. The number of thiophene rings is 1. The van der Waals surface area contributed by atoms with Crippen molar-refractivity contribution in [3.05, 3.63) is 42.2 Å². The lowest BCUT2D eigenvalue weighted by molar-refractivity contribution is 0.0979. The van der Waals surface area contributed by atoms with Crippen LogP contribution in [0.15, 0.2) is 15.7 Å². The molecular weight excluding hydrogens is 404 g/mol. The first-order valence-corrected chi connectivity index (χ1v) is 11.3.